The summed E-state index contributed by atoms with van der Waals surface area (Å²) in [6.07, 6.45) is 7.42. The van der Waals surface area contributed by atoms with E-state index in [1.807, 2.05) is 35.8 Å². The lowest BCUT2D eigenvalue weighted by molar-refractivity contribution is -0.116. The van der Waals surface area contributed by atoms with E-state index in [-0.39, 0.29) is 5.91 Å². The summed E-state index contributed by atoms with van der Waals surface area (Å²) in [5.74, 6) is -0.155. The number of hydrogen-bond acceptors (Lipinski definition) is 4. The topological polar surface area (TPSA) is 59.8 Å². The molecule has 0 bridgehead atoms. The molecule has 0 aliphatic rings. The van der Waals surface area contributed by atoms with E-state index >= 15 is 0 Å². The molecule has 0 spiro atoms. The Hall–Kier alpha value is -2.44. The van der Waals surface area contributed by atoms with Gasteiger partial charge in [0.05, 0.1) is 5.69 Å². The van der Waals surface area contributed by atoms with Gasteiger partial charge in [-0.25, -0.2) is 9.67 Å². The van der Waals surface area contributed by atoms with E-state index in [0.29, 0.717) is 18.0 Å². The molecule has 0 saturated carbocycles. The summed E-state index contributed by atoms with van der Waals surface area (Å²) in [5, 5.41) is 10.4. The van der Waals surface area contributed by atoms with Crippen LogP contribution in [0.1, 0.15) is 11.3 Å². The maximum absolute atomic E-state index is 11.8. The molecule has 0 aliphatic heterocycles. The number of hydrogen-bond donors (Lipinski definition) is 1. The number of thiazole rings is 1. The van der Waals surface area contributed by atoms with Crippen molar-refractivity contribution in [2.75, 3.05) is 6.54 Å². The number of amides is 1. The van der Waals surface area contributed by atoms with Crippen LogP contribution in [0.4, 0.5) is 0 Å². The van der Waals surface area contributed by atoms with E-state index in [1.165, 1.54) is 17.4 Å². The molecule has 2 heterocycles. The summed E-state index contributed by atoms with van der Waals surface area (Å²) in [5.41, 5.74) is 1.75. The fourth-order valence-corrected chi connectivity index (χ4v) is 3.04. The third-order valence-electron chi connectivity index (χ3n) is 3.24. The second-order valence-corrected chi connectivity index (χ2v) is 6.21. The molecule has 5 nitrogen and oxygen atoms in total. The third-order valence-corrected chi connectivity index (χ3v) is 4.46. The Morgan fingerprint density at radius 1 is 1.33 bits per heavy atom. The van der Waals surface area contributed by atoms with Gasteiger partial charge >= 0.3 is 0 Å². The van der Waals surface area contributed by atoms with Crippen LogP contribution < -0.4 is 5.32 Å². The maximum atomic E-state index is 11.8. The lowest BCUT2D eigenvalue weighted by Crippen LogP contribution is -2.23. The first kappa shape index (κ1) is 16.4. The van der Waals surface area contributed by atoms with Gasteiger partial charge in [-0.2, -0.15) is 5.10 Å². The molecule has 0 radical (unpaired) electrons. The van der Waals surface area contributed by atoms with Gasteiger partial charge < -0.3 is 5.32 Å². The number of aromatic nitrogens is 3. The lowest BCUT2D eigenvalue weighted by atomic mass is 10.2. The van der Waals surface area contributed by atoms with Crippen molar-refractivity contribution in [2.45, 2.75) is 6.42 Å². The number of carbonyl (C=O) groups excluding carboxylic acids is 1. The van der Waals surface area contributed by atoms with Crippen LogP contribution in [-0.2, 0) is 11.2 Å². The first-order valence-electron chi connectivity index (χ1n) is 7.37. The van der Waals surface area contributed by atoms with Gasteiger partial charge in [0.1, 0.15) is 0 Å². The molecular weight excluding hydrogens is 344 g/mol. The van der Waals surface area contributed by atoms with Gasteiger partial charge in [0.15, 0.2) is 0 Å². The van der Waals surface area contributed by atoms with E-state index in [9.17, 15) is 4.79 Å². The summed E-state index contributed by atoms with van der Waals surface area (Å²) in [6.45, 7) is 0.522. The van der Waals surface area contributed by atoms with Gasteiger partial charge in [-0.3, -0.25) is 4.79 Å². The van der Waals surface area contributed by atoms with Gasteiger partial charge in [0, 0.05) is 41.8 Å². The standard InChI is InChI=1S/C17H15ClN4OS/c18-15-5-2-1-4-13(15)6-7-16(23)19-10-8-14-12-24-17(21-14)22-11-3-9-20-22/h1-7,9,11-12H,8,10H2,(H,19,23)/b7-6+. The minimum atomic E-state index is -0.155. The monoisotopic (exact) mass is 358 g/mol. The summed E-state index contributed by atoms with van der Waals surface area (Å²) < 4.78 is 1.72. The van der Waals surface area contributed by atoms with E-state index < -0.39 is 0 Å². The molecule has 1 N–H and O–H groups in total. The highest BCUT2D eigenvalue weighted by Gasteiger charge is 2.04. The molecule has 0 fully saturated rings. The fourth-order valence-electron chi connectivity index (χ4n) is 2.05. The zero-order chi connectivity index (χ0) is 16.8. The first-order valence-corrected chi connectivity index (χ1v) is 8.63. The van der Waals surface area contributed by atoms with E-state index in [2.05, 4.69) is 15.4 Å². The molecule has 0 atom stereocenters. The number of carbonyl (C=O) groups is 1. The Balaban J connectivity index is 1.48. The van der Waals surface area contributed by atoms with Gasteiger partial charge in [-0.15, -0.1) is 11.3 Å². The predicted octanol–water partition coefficient (Wildman–Crippen LogP) is 3.35. The number of rotatable bonds is 6. The zero-order valence-electron chi connectivity index (χ0n) is 12.7. The van der Waals surface area contributed by atoms with Crippen molar-refractivity contribution in [2.24, 2.45) is 0 Å². The summed E-state index contributed by atoms with van der Waals surface area (Å²) >= 11 is 7.56. The molecule has 3 rings (SSSR count). The zero-order valence-corrected chi connectivity index (χ0v) is 14.3. The van der Waals surface area contributed by atoms with Crippen LogP contribution in [0.5, 0.6) is 0 Å². The molecule has 1 aromatic carbocycles. The smallest absolute Gasteiger partial charge is 0.244 e. The molecule has 3 aromatic rings. The average molecular weight is 359 g/mol. The lowest BCUT2D eigenvalue weighted by Gasteiger charge is -2.00. The molecule has 122 valence electrons. The molecule has 7 heteroatoms. The van der Waals surface area contributed by atoms with E-state index in [4.69, 9.17) is 11.6 Å². The van der Waals surface area contributed by atoms with Gasteiger partial charge in [-0.1, -0.05) is 29.8 Å². The minimum absolute atomic E-state index is 0.155. The third kappa shape index (κ3) is 4.31. The molecule has 2 aromatic heterocycles. The van der Waals surface area contributed by atoms with Crippen LogP contribution in [0.15, 0.2) is 54.2 Å². The maximum Gasteiger partial charge on any atom is 0.244 e. The predicted molar refractivity (Wildman–Crippen MR) is 96.4 cm³/mol. The second kappa shape index (κ2) is 7.90. The van der Waals surface area contributed by atoms with Crippen LogP contribution in [-0.4, -0.2) is 27.2 Å². The van der Waals surface area contributed by atoms with Crippen LogP contribution in [0.2, 0.25) is 5.02 Å². The number of benzene rings is 1. The van der Waals surface area contributed by atoms with Crippen LogP contribution in [0.3, 0.4) is 0 Å². The quantitative estimate of drug-likeness (QED) is 0.687. The number of nitrogens with one attached hydrogen (secondary N) is 1. The Morgan fingerprint density at radius 2 is 2.21 bits per heavy atom. The molecule has 1 amide bonds. The Bertz CT molecular complexity index is 842. The molecule has 0 saturated heterocycles. The summed E-state index contributed by atoms with van der Waals surface area (Å²) in [4.78, 5) is 16.3. The van der Waals surface area contributed by atoms with E-state index in [1.54, 1.807) is 23.0 Å². The molecular formula is C17H15ClN4OS. The van der Waals surface area contributed by atoms with Crippen molar-refractivity contribution in [3.63, 3.8) is 0 Å². The molecule has 24 heavy (non-hydrogen) atoms. The summed E-state index contributed by atoms with van der Waals surface area (Å²) in [6, 6.07) is 9.23. The van der Waals surface area contributed by atoms with Crippen molar-refractivity contribution >= 4 is 34.9 Å². The van der Waals surface area contributed by atoms with Crippen molar-refractivity contribution in [1.82, 2.24) is 20.1 Å². The Labute approximate surface area is 148 Å². The first-order chi connectivity index (χ1) is 11.7. The van der Waals surface area contributed by atoms with Gasteiger partial charge in [0.2, 0.25) is 11.0 Å². The fraction of sp³-hybridized carbons (Fsp3) is 0.118. The average Bonchev–Trinajstić information content (AvgIpc) is 3.25. The van der Waals surface area contributed by atoms with Crippen molar-refractivity contribution in [3.8, 4) is 5.13 Å². The van der Waals surface area contributed by atoms with Gasteiger partial charge in [0.25, 0.3) is 0 Å². The SMILES string of the molecule is O=C(/C=C/c1ccccc1Cl)NCCc1csc(-n2cccn2)n1. The highest BCUT2D eigenvalue weighted by atomic mass is 35.5. The van der Waals surface area contributed by atoms with Crippen LogP contribution >= 0.6 is 22.9 Å². The van der Waals surface area contributed by atoms with Crippen molar-refractivity contribution < 1.29 is 4.79 Å². The normalized spacial score (nSPS) is 11.0. The van der Waals surface area contributed by atoms with Crippen LogP contribution in [0, 0.1) is 0 Å². The highest BCUT2D eigenvalue weighted by molar-refractivity contribution is 7.12. The second-order valence-electron chi connectivity index (χ2n) is 4.97. The van der Waals surface area contributed by atoms with Crippen LogP contribution in [0.25, 0.3) is 11.2 Å². The Morgan fingerprint density at radius 3 is 3.00 bits per heavy atom. The van der Waals surface area contributed by atoms with Crippen molar-refractivity contribution in [3.05, 3.63) is 70.5 Å². The summed E-state index contributed by atoms with van der Waals surface area (Å²) in [7, 11) is 0. The largest absolute Gasteiger partial charge is 0.352 e. The highest BCUT2D eigenvalue weighted by Crippen LogP contribution is 2.16. The Kier molecular flexibility index (Phi) is 5.40. The molecule has 0 unspecified atom stereocenters. The number of nitrogens with zero attached hydrogens (tertiary/aromatic N) is 3. The number of halogens is 1. The van der Waals surface area contributed by atoms with E-state index in [0.717, 1.165) is 16.4 Å². The van der Waals surface area contributed by atoms with Gasteiger partial charge in [-0.05, 0) is 23.8 Å². The molecule has 0 aliphatic carbocycles. The van der Waals surface area contributed by atoms with Crippen molar-refractivity contribution in [1.29, 1.82) is 0 Å². The minimum Gasteiger partial charge on any atom is -0.352 e.